The van der Waals surface area contributed by atoms with E-state index < -0.39 is 0 Å². The standard InChI is InChI=1S/C17H23NO2S/c1-5-8-18-17(14-9-12(2)21-11-14)13-6-7-15(19-3)16(10-13)20-4/h6-7,9-11,17-18H,5,8H2,1-4H3. The first-order valence-electron chi connectivity index (χ1n) is 7.20. The highest BCUT2D eigenvalue weighted by atomic mass is 32.1. The van der Waals surface area contributed by atoms with Gasteiger partial charge in [-0.05, 0) is 54.6 Å². The normalized spacial score (nSPS) is 12.2. The number of hydrogen-bond donors (Lipinski definition) is 1. The van der Waals surface area contributed by atoms with Gasteiger partial charge in [-0.1, -0.05) is 13.0 Å². The van der Waals surface area contributed by atoms with Crippen LogP contribution in [0.25, 0.3) is 0 Å². The van der Waals surface area contributed by atoms with Gasteiger partial charge in [-0.25, -0.2) is 0 Å². The van der Waals surface area contributed by atoms with Crippen LogP contribution in [0.1, 0.15) is 35.4 Å². The lowest BCUT2D eigenvalue weighted by molar-refractivity contribution is 0.354. The number of benzene rings is 1. The molecule has 1 aromatic heterocycles. The van der Waals surface area contributed by atoms with Crippen molar-refractivity contribution in [3.63, 3.8) is 0 Å². The van der Waals surface area contributed by atoms with Crippen LogP contribution in [0.3, 0.4) is 0 Å². The summed E-state index contributed by atoms with van der Waals surface area (Å²) in [6.07, 6.45) is 1.10. The molecule has 4 heteroatoms. The number of ether oxygens (including phenoxy) is 2. The first-order valence-corrected chi connectivity index (χ1v) is 8.07. The van der Waals surface area contributed by atoms with E-state index in [2.05, 4.69) is 42.7 Å². The summed E-state index contributed by atoms with van der Waals surface area (Å²) in [4.78, 5) is 1.33. The van der Waals surface area contributed by atoms with Crippen LogP contribution >= 0.6 is 11.3 Å². The van der Waals surface area contributed by atoms with Gasteiger partial charge in [0.15, 0.2) is 11.5 Å². The number of nitrogens with one attached hydrogen (secondary N) is 1. The molecule has 1 unspecified atom stereocenters. The molecule has 1 aromatic carbocycles. The van der Waals surface area contributed by atoms with Gasteiger partial charge < -0.3 is 14.8 Å². The average Bonchev–Trinajstić information content (AvgIpc) is 2.93. The molecule has 0 amide bonds. The highest BCUT2D eigenvalue weighted by Gasteiger charge is 2.16. The summed E-state index contributed by atoms with van der Waals surface area (Å²) in [7, 11) is 3.33. The molecular formula is C17H23NO2S. The molecule has 0 aliphatic rings. The predicted octanol–water partition coefficient (Wildman–Crippen LogP) is 4.16. The molecule has 0 fully saturated rings. The Labute approximate surface area is 130 Å². The van der Waals surface area contributed by atoms with Gasteiger partial charge in [-0.3, -0.25) is 0 Å². The minimum atomic E-state index is 0.190. The molecule has 2 aromatic rings. The highest BCUT2D eigenvalue weighted by Crippen LogP contribution is 2.33. The van der Waals surface area contributed by atoms with Crippen LogP contribution < -0.4 is 14.8 Å². The number of aryl methyl sites for hydroxylation is 1. The fourth-order valence-electron chi connectivity index (χ4n) is 2.36. The van der Waals surface area contributed by atoms with Crippen LogP contribution in [0.2, 0.25) is 0 Å². The molecule has 114 valence electrons. The molecule has 0 radical (unpaired) electrons. The summed E-state index contributed by atoms with van der Waals surface area (Å²) in [6, 6.07) is 8.55. The van der Waals surface area contributed by atoms with E-state index in [-0.39, 0.29) is 6.04 Å². The smallest absolute Gasteiger partial charge is 0.161 e. The Kier molecular flexibility index (Phi) is 5.65. The van der Waals surface area contributed by atoms with Gasteiger partial charge in [0.05, 0.1) is 20.3 Å². The molecule has 0 spiro atoms. The van der Waals surface area contributed by atoms with Crippen LogP contribution in [-0.4, -0.2) is 20.8 Å². The number of hydrogen-bond acceptors (Lipinski definition) is 4. The van der Waals surface area contributed by atoms with E-state index in [1.807, 2.05) is 6.07 Å². The Morgan fingerprint density at radius 1 is 1.10 bits per heavy atom. The van der Waals surface area contributed by atoms with Crippen molar-refractivity contribution in [3.8, 4) is 11.5 Å². The fraction of sp³-hybridized carbons (Fsp3) is 0.412. The molecule has 0 saturated carbocycles. The Morgan fingerprint density at radius 2 is 1.86 bits per heavy atom. The van der Waals surface area contributed by atoms with Gasteiger partial charge in [-0.2, -0.15) is 0 Å². The minimum Gasteiger partial charge on any atom is -0.493 e. The zero-order chi connectivity index (χ0) is 15.2. The highest BCUT2D eigenvalue weighted by molar-refractivity contribution is 7.10. The quantitative estimate of drug-likeness (QED) is 0.833. The zero-order valence-electron chi connectivity index (χ0n) is 13.1. The first kappa shape index (κ1) is 15.9. The Bertz CT molecular complexity index is 580. The number of rotatable bonds is 7. The average molecular weight is 305 g/mol. The van der Waals surface area contributed by atoms with Gasteiger partial charge in [0.2, 0.25) is 0 Å². The van der Waals surface area contributed by atoms with Gasteiger partial charge in [0, 0.05) is 4.88 Å². The van der Waals surface area contributed by atoms with Crippen molar-refractivity contribution in [3.05, 3.63) is 45.6 Å². The van der Waals surface area contributed by atoms with E-state index in [1.165, 1.54) is 16.0 Å². The Balaban J connectivity index is 2.36. The molecule has 0 aliphatic carbocycles. The summed E-state index contributed by atoms with van der Waals surface area (Å²) in [5, 5.41) is 5.84. The Morgan fingerprint density at radius 3 is 2.43 bits per heavy atom. The third-order valence-electron chi connectivity index (χ3n) is 3.42. The van der Waals surface area contributed by atoms with Crippen molar-refractivity contribution in [2.75, 3.05) is 20.8 Å². The summed E-state index contributed by atoms with van der Waals surface area (Å²) in [5.41, 5.74) is 2.50. The largest absolute Gasteiger partial charge is 0.493 e. The van der Waals surface area contributed by atoms with Gasteiger partial charge in [0.1, 0.15) is 0 Å². The lowest BCUT2D eigenvalue weighted by atomic mass is 10.00. The third-order valence-corrected chi connectivity index (χ3v) is 4.30. The second kappa shape index (κ2) is 7.48. The summed E-state index contributed by atoms with van der Waals surface area (Å²) < 4.78 is 10.7. The molecular weight excluding hydrogens is 282 g/mol. The monoisotopic (exact) mass is 305 g/mol. The van der Waals surface area contributed by atoms with Crippen LogP contribution in [0.5, 0.6) is 11.5 Å². The zero-order valence-corrected chi connectivity index (χ0v) is 13.9. The van der Waals surface area contributed by atoms with E-state index in [4.69, 9.17) is 9.47 Å². The van der Waals surface area contributed by atoms with Crippen molar-refractivity contribution in [1.29, 1.82) is 0 Å². The molecule has 1 N–H and O–H groups in total. The molecule has 21 heavy (non-hydrogen) atoms. The molecule has 0 saturated heterocycles. The second-order valence-electron chi connectivity index (χ2n) is 4.99. The minimum absolute atomic E-state index is 0.190. The fourth-order valence-corrected chi connectivity index (χ4v) is 3.09. The topological polar surface area (TPSA) is 30.5 Å². The van der Waals surface area contributed by atoms with E-state index in [0.717, 1.165) is 24.5 Å². The maximum Gasteiger partial charge on any atom is 0.161 e. The number of methoxy groups -OCH3 is 2. The van der Waals surface area contributed by atoms with Crippen molar-refractivity contribution in [2.45, 2.75) is 26.3 Å². The van der Waals surface area contributed by atoms with Crippen molar-refractivity contribution < 1.29 is 9.47 Å². The van der Waals surface area contributed by atoms with Crippen LogP contribution in [0.4, 0.5) is 0 Å². The maximum absolute atomic E-state index is 5.42. The van der Waals surface area contributed by atoms with E-state index >= 15 is 0 Å². The first-order chi connectivity index (χ1) is 10.2. The molecule has 1 heterocycles. The molecule has 3 nitrogen and oxygen atoms in total. The van der Waals surface area contributed by atoms with Crippen LogP contribution in [-0.2, 0) is 0 Å². The summed E-state index contributed by atoms with van der Waals surface area (Å²) >= 11 is 1.78. The molecule has 0 aliphatic heterocycles. The molecule has 1 atom stereocenters. The number of thiophene rings is 1. The van der Waals surface area contributed by atoms with E-state index in [9.17, 15) is 0 Å². The van der Waals surface area contributed by atoms with Crippen molar-refractivity contribution in [2.24, 2.45) is 0 Å². The Hall–Kier alpha value is -1.52. The van der Waals surface area contributed by atoms with E-state index in [0.29, 0.717) is 0 Å². The lowest BCUT2D eigenvalue weighted by Crippen LogP contribution is -2.22. The maximum atomic E-state index is 5.42. The van der Waals surface area contributed by atoms with Crippen molar-refractivity contribution in [1.82, 2.24) is 5.32 Å². The summed E-state index contributed by atoms with van der Waals surface area (Å²) in [6.45, 7) is 5.30. The third kappa shape index (κ3) is 3.77. The van der Waals surface area contributed by atoms with Gasteiger partial charge in [-0.15, -0.1) is 11.3 Å². The SMILES string of the molecule is CCCNC(c1csc(C)c1)c1ccc(OC)c(OC)c1. The van der Waals surface area contributed by atoms with Crippen molar-refractivity contribution >= 4 is 11.3 Å². The second-order valence-corrected chi connectivity index (χ2v) is 6.11. The van der Waals surface area contributed by atoms with Gasteiger partial charge in [0.25, 0.3) is 0 Å². The van der Waals surface area contributed by atoms with Crippen LogP contribution in [0, 0.1) is 6.92 Å². The molecule has 2 rings (SSSR count). The van der Waals surface area contributed by atoms with E-state index in [1.54, 1.807) is 25.6 Å². The van der Waals surface area contributed by atoms with Gasteiger partial charge >= 0.3 is 0 Å². The lowest BCUT2D eigenvalue weighted by Gasteiger charge is -2.19. The van der Waals surface area contributed by atoms with Crippen LogP contribution in [0.15, 0.2) is 29.6 Å². The predicted molar refractivity (Wildman–Crippen MR) is 88.7 cm³/mol. The molecule has 0 bridgehead atoms. The summed E-state index contributed by atoms with van der Waals surface area (Å²) in [5.74, 6) is 1.53.